The molecule has 0 bridgehead atoms. The summed E-state index contributed by atoms with van der Waals surface area (Å²) in [6, 6.07) is 14.0. The number of ketones is 1. The maximum Gasteiger partial charge on any atom is 0.162 e. The van der Waals surface area contributed by atoms with Crippen LogP contribution in [0.5, 0.6) is 0 Å². The van der Waals surface area contributed by atoms with Crippen molar-refractivity contribution < 1.29 is 14.6 Å². The van der Waals surface area contributed by atoms with Crippen LogP contribution in [0.2, 0.25) is 0 Å². The predicted molar refractivity (Wildman–Crippen MR) is 109 cm³/mol. The number of benzene rings is 2. The van der Waals surface area contributed by atoms with Gasteiger partial charge in [-0.2, -0.15) is 0 Å². The molecule has 1 atom stereocenters. The third-order valence-corrected chi connectivity index (χ3v) is 4.78. The maximum absolute atomic E-state index is 12.4. The van der Waals surface area contributed by atoms with Gasteiger partial charge in [-0.1, -0.05) is 42.5 Å². The van der Waals surface area contributed by atoms with Crippen LogP contribution < -0.4 is 5.73 Å². The van der Waals surface area contributed by atoms with Gasteiger partial charge in [0.05, 0.1) is 25.4 Å². The van der Waals surface area contributed by atoms with Gasteiger partial charge in [0, 0.05) is 12.0 Å². The molecule has 0 aliphatic heterocycles. The minimum atomic E-state index is -0.730. The van der Waals surface area contributed by atoms with Crippen molar-refractivity contribution in [2.45, 2.75) is 52.2 Å². The molecule has 0 aliphatic rings. The van der Waals surface area contributed by atoms with Crippen molar-refractivity contribution in [1.29, 1.82) is 0 Å². The molecule has 0 aromatic heterocycles. The van der Waals surface area contributed by atoms with E-state index in [4.69, 9.17) is 15.6 Å². The van der Waals surface area contributed by atoms with Crippen LogP contribution in [-0.2, 0) is 17.8 Å². The van der Waals surface area contributed by atoms with Crippen molar-refractivity contribution in [2.75, 3.05) is 13.2 Å². The Morgan fingerprint density at radius 3 is 2.37 bits per heavy atom. The van der Waals surface area contributed by atoms with Crippen molar-refractivity contribution in [2.24, 2.45) is 5.73 Å². The van der Waals surface area contributed by atoms with E-state index in [-0.39, 0.29) is 19.0 Å². The molecule has 0 amide bonds. The van der Waals surface area contributed by atoms with E-state index in [1.807, 2.05) is 24.3 Å². The van der Waals surface area contributed by atoms with Crippen molar-refractivity contribution in [3.05, 3.63) is 70.3 Å². The van der Waals surface area contributed by atoms with Gasteiger partial charge in [-0.05, 0) is 55.9 Å². The number of hydrogen-bond donors (Lipinski definition) is 2. The molecule has 27 heavy (non-hydrogen) atoms. The molecule has 2 rings (SSSR count). The Morgan fingerprint density at radius 1 is 1.07 bits per heavy atom. The van der Waals surface area contributed by atoms with Gasteiger partial charge in [0.2, 0.25) is 0 Å². The molecule has 2 aromatic rings. The Hall–Kier alpha value is -2.01. The van der Waals surface area contributed by atoms with E-state index in [1.54, 1.807) is 6.92 Å². The first-order chi connectivity index (χ1) is 12.8. The Morgan fingerprint density at radius 2 is 1.74 bits per heavy atom. The summed E-state index contributed by atoms with van der Waals surface area (Å²) in [6.45, 7) is 6.54. The largest absolute Gasteiger partial charge is 0.394 e. The van der Waals surface area contributed by atoms with Crippen LogP contribution >= 0.6 is 0 Å². The number of Topliss-reactive ketones (excluding diaryl/α,β-unsaturated/α-hetero) is 1. The molecular weight excluding hydrogens is 338 g/mol. The predicted octanol–water partition coefficient (Wildman–Crippen LogP) is 3.74. The Labute approximate surface area is 162 Å². The van der Waals surface area contributed by atoms with E-state index in [2.05, 4.69) is 32.0 Å². The molecule has 0 radical (unpaired) electrons. The summed E-state index contributed by atoms with van der Waals surface area (Å²) >= 11 is 0. The maximum atomic E-state index is 12.4. The van der Waals surface area contributed by atoms with E-state index in [0.717, 1.165) is 24.0 Å². The second kappa shape index (κ2) is 9.79. The van der Waals surface area contributed by atoms with Crippen LogP contribution in [0.3, 0.4) is 0 Å². The molecule has 0 saturated heterocycles. The lowest BCUT2D eigenvalue weighted by atomic mass is 9.99. The molecule has 146 valence electrons. The zero-order valence-electron chi connectivity index (χ0n) is 16.6. The lowest BCUT2D eigenvalue weighted by Gasteiger charge is -2.21. The summed E-state index contributed by atoms with van der Waals surface area (Å²) in [6.07, 6.45) is 2.31. The molecule has 0 fully saturated rings. The molecular formula is C23H31NO3. The third-order valence-electron chi connectivity index (χ3n) is 4.78. The van der Waals surface area contributed by atoms with Crippen molar-refractivity contribution in [3.63, 3.8) is 0 Å². The summed E-state index contributed by atoms with van der Waals surface area (Å²) < 4.78 is 5.54. The van der Waals surface area contributed by atoms with Crippen LogP contribution in [-0.4, -0.2) is 29.6 Å². The fraction of sp³-hybridized carbons (Fsp3) is 0.435. The summed E-state index contributed by atoms with van der Waals surface area (Å²) in [7, 11) is 0. The Bertz CT molecular complexity index is 751. The zero-order chi connectivity index (χ0) is 19.9. The van der Waals surface area contributed by atoms with Gasteiger partial charge in [-0.3, -0.25) is 4.79 Å². The quantitative estimate of drug-likeness (QED) is 0.626. The van der Waals surface area contributed by atoms with E-state index in [1.165, 1.54) is 16.7 Å². The Kier molecular flexibility index (Phi) is 7.72. The highest BCUT2D eigenvalue weighted by Crippen LogP contribution is 2.14. The van der Waals surface area contributed by atoms with Gasteiger partial charge >= 0.3 is 0 Å². The highest BCUT2D eigenvalue weighted by Gasteiger charge is 2.17. The highest BCUT2D eigenvalue weighted by molar-refractivity contribution is 5.96. The SMILES string of the molecule is Cc1ccc(CCCC(=O)c2ccc(COC[C@@](C)(N)CO)cc2)cc1C. The molecule has 0 spiro atoms. The minimum absolute atomic E-state index is 0.122. The first-order valence-corrected chi connectivity index (χ1v) is 9.46. The third kappa shape index (κ3) is 6.90. The first-order valence-electron chi connectivity index (χ1n) is 9.46. The minimum Gasteiger partial charge on any atom is -0.394 e. The summed E-state index contributed by atoms with van der Waals surface area (Å²) in [5.74, 6) is 0.168. The fourth-order valence-corrected chi connectivity index (χ4v) is 2.79. The first kappa shape index (κ1) is 21.3. The summed E-state index contributed by atoms with van der Waals surface area (Å²) in [5, 5.41) is 9.12. The number of hydrogen-bond acceptors (Lipinski definition) is 4. The van der Waals surface area contributed by atoms with E-state index in [9.17, 15) is 4.79 Å². The van der Waals surface area contributed by atoms with Gasteiger partial charge in [0.15, 0.2) is 5.78 Å². The number of ether oxygens (including phenoxy) is 1. The van der Waals surface area contributed by atoms with Crippen LogP contribution in [0.4, 0.5) is 0 Å². The molecule has 0 aliphatic carbocycles. The fourth-order valence-electron chi connectivity index (χ4n) is 2.79. The van der Waals surface area contributed by atoms with E-state index < -0.39 is 5.54 Å². The second-order valence-corrected chi connectivity index (χ2v) is 7.70. The number of nitrogens with two attached hydrogens (primary N) is 1. The molecule has 4 nitrogen and oxygen atoms in total. The topological polar surface area (TPSA) is 72.5 Å². The molecule has 4 heteroatoms. The molecule has 0 saturated carbocycles. The van der Waals surface area contributed by atoms with Crippen molar-refractivity contribution >= 4 is 5.78 Å². The number of carbonyl (C=O) groups is 1. The number of aliphatic hydroxyl groups is 1. The van der Waals surface area contributed by atoms with E-state index >= 15 is 0 Å². The number of rotatable bonds is 10. The number of aliphatic hydroxyl groups excluding tert-OH is 1. The molecule has 2 aromatic carbocycles. The van der Waals surface area contributed by atoms with Gasteiger partial charge < -0.3 is 15.6 Å². The van der Waals surface area contributed by atoms with Crippen molar-refractivity contribution in [3.8, 4) is 0 Å². The molecule has 0 heterocycles. The lowest BCUT2D eigenvalue weighted by molar-refractivity contribution is 0.0535. The Balaban J connectivity index is 1.78. The molecule has 0 unspecified atom stereocenters. The van der Waals surface area contributed by atoms with E-state index in [0.29, 0.717) is 13.0 Å². The average Bonchev–Trinajstić information content (AvgIpc) is 2.65. The van der Waals surface area contributed by atoms with Gasteiger partial charge in [0.25, 0.3) is 0 Å². The van der Waals surface area contributed by atoms with Gasteiger partial charge in [0.1, 0.15) is 0 Å². The number of aryl methyl sites for hydroxylation is 3. The molecule has 3 N–H and O–H groups in total. The second-order valence-electron chi connectivity index (χ2n) is 7.70. The van der Waals surface area contributed by atoms with Crippen LogP contribution in [0.1, 0.15) is 52.4 Å². The van der Waals surface area contributed by atoms with Gasteiger partial charge in [-0.15, -0.1) is 0 Å². The summed E-state index contributed by atoms with van der Waals surface area (Å²) in [4.78, 5) is 12.4. The van der Waals surface area contributed by atoms with Crippen molar-refractivity contribution in [1.82, 2.24) is 0 Å². The van der Waals surface area contributed by atoms with Crippen LogP contribution in [0, 0.1) is 13.8 Å². The van der Waals surface area contributed by atoms with Crippen LogP contribution in [0.25, 0.3) is 0 Å². The lowest BCUT2D eigenvalue weighted by Crippen LogP contribution is -2.44. The monoisotopic (exact) mass is 369 g/mol. The number of carbonyl (C=O) groups excluding carboxylic acids is 1. The highest BCUT2D eigenvalue weighted by atomic mass is 16.5. The summed E-state index contributed by atoms with van der Waals surface area (Å²) in [5.41, 5.74) is 10.7. The van der Waals surface area contributed by atoms with Crippen LogP contribution in [0.15, 0.2) is 42.5 Å². The normalized spacial score (nSPS) is 13.4. The zero-order valence-corrected chi connectivity index (χ0v) is 16.6. The van der Waals surface area contributed by atoms with Gasteiger partial charge in [-0.25, -0.2) is 0 Å². The average molecular weight is 370 g/mol. The standard InChI is InChI=1S/C23H31NO3/c1-17-7-8-19(13-18(17)2)5-4-6-22(26)21-11-9-20(10-12-21)14-27-16-23(3,24)15-25/h7-13,25H,4-6,14-16,24H2,1-3H3/t23-/m0/s1. The smallest absolute Gasteiger partial charge is 0.162 e.